The predicted octanol–water partition coefficient (Wildman–Crippen LogP) is 2.76. The zero-order valence-corrected chi connectivity index (χ0v) is 11.1. The first-order chi connectivity index (χ1) is 8.49. The minimum atomic E-state index is -0.230. The fraction of sp³-hybridized carbons (Fsp3) is 0.667. The second-order valence-corrected chi connectivity index (χ2v) is 6.01. The summed E-state index contributed by atoms with van der Waals surface area (Å²) in [6, 6.07) is 0. The van der Waals surface area contributed by atoms with Crippen LogP contribution in [0.3, 0.4) is 0 Å². The van der Waals surface area contributed by atoms with Crippen molar-refractivity contribution in [3.05, 3.63) is 23.8 Å². The Morgan fingerprint density at radius 3 is 3.00 bits per heavy atom. The smallest absolute Gasteiger partial charge is 0.334 e. The van der Waals surface area contributed by atoms with Gasteiger partial charge in [-0.25, -0.2) is 4.79 Å². The van der Waals surface area contributed by atoms with E-state index in [1.54, 1.807) is 0 Å². The van der Waals surface area contributed by atoms with E-state index in [2.05, 4.69) is 26.5 Å². The van der Waals surface area contributed by atoms with Crippen LogP contribution >= 0.6 is 0 Å². The average molecular weight is 248 g/mol. The van der Waals surface area contributed by atoms with Crippen LogP contribution in [0, 0.1) is 5.92 Å². The highest BCUT2D eigenvalue weighted by atomic mass is 16.6. The molecule has 2 fully saturated rings. The molecule has 0 N–H and O–H groups in total. The molecule has 4 atom stereocenters. The van der Waals surface area contributed by atoms with Crippen LogP contribution in [-0.4, -0.2) is 23.8 Å². The Labute approximate surface area is 108 Å². The van der Waals surface area contributed by atoms with Crippen molar-refractivity contribution in [1.29, 1.82) is 0 Å². The first-order valence-electron chi connectivity index (χ1n) is 6.74. The van der Waals surface area contributed by atoms with Crippen LogP contribution in [0.1, 0.15) is 39.5 Å². The van der Waals surface area contributed by atoms with Crippen LogP contribution in [0.2, 0.25) is 0 Å². The van der Waals surface area contributed by atoms with E-state index in [1.165, 1.54) is 5.57 Å². The first-order valence-corrected chi connectivity index (χ1v) is 6.74. The molecule has 0 spiro atoms. The van der Waals surface area contributed by atoms with E-state index >= 15 is 0 Å². The number of rotatable bonds is 0. The highest BCUT2D eigenvalue weighted by Crippen LogP contribution is 2.46. The van der Waals surface area contributed by atoms with Crippen molar-refractivity contribution in [3.8, 4) is 0 Å². The maximum absolute atomic E-state index is 11.6. The Morgan fingerprint density at radius 1 is 1.44 bits per heavy atom. The quantitative estimate of drug-likeness (QED) is 0.286. The largest absolute Gasteiger partial charge is 0.454 e. The van der Waals surface area contributed by atoms with E-state index in [1.807, 2.05) is 0 Å². The zero-order valence-electron chi connectivity index (χ0n) is 11.1. The van der Waals surface area contributed by atoms with Gasteiger partial charge in [0.25, 0.3) is 0 Å². The summed E-state index contributed by atoms with van der Waals surface area (Å²) in [7, 11) is 0. The number of fused-ring (bicyclic) bond motifs is 2. The fourth-order valence-electron chi connectivity index (χ4n) is 3.16. The molecule has 0 amide bonds. The maximum atomic E-state index is 11.6. The fourth-order valence-corrected chi connectivity index (χ4v) is 3.16. The van der Waals surface area contributed by atoms with Crippen molar-refractivity contribution in [3.63, 3.8) is 0 Å². The Bertz CT molecular complexity index is 437. The summed E-state index contributed by atoms with van der Waals surface area (Å²) < 4.78 is 11.2. The van der Waals surface area contributed by atoms with Crippen molar-refractivity contribution in [2.75, 3.05) is 0 Å². The van der Waals surface area contributed by atoms with E-state index in [-0.39, 0.29) is 23.6 Å². The van der Waals surface area contributed by atoms with Crippen molar-refractivity contribution in [2.24, 2.45) is 5.92 Å². The third kappa shape index (κ3) is 1.91. The van der Waals surface area contributed by atoms with Gasteiger partial charge in [0.05, 0.1) is 11.7 Å². The predicted molar refractivity (Wildman–Crippen MR) is 68.0 cm³/mol. The molecule has 3 aliphatic rings. The SMILES string of the molecule is C=C1C(=O)O[C@@H]2/C=C(\C)CC[C@H]3OC3(C)CC[C@@H]12. The third-order valence-corrected chi connectivity index (χ3v) is 4.59. The number of hydrogen-bond acceptors (Lipinski definition) is 3. The summed E-state index contributed by atoms with van der Waals surface area (Å²) in [6.07, 6.45) is 6.39. The molecule has 0 bridgehead atoms. The molecule has 18 heavy (non-hydrogen) atoms. The van der Waals surface area contributed by atoms with Crippen LogP contribution < -0.4 is 0 Å². The summed E-state index contributed by atoms with van der Waals surface area (Å²) in [5, 5.41) is 0. The molecule has 0 saturated carbocycles. The number of ether oxygens (including phenoxy) is 2. The summed E-state index contributed by atoms with van der Waals surface area (Å²) in [5.74, 6) is -0.0982. The molecule has 2 aliphatic heterocycles. The van der Waals surface area contributed by atoms with E-state index in [9.17, 15) is 4.79 Å². The molecule has 1 unspecified atom stereocenters. The van der Waals surface area contributed by atoms with E-state index in [0.717, 1.165) is 25.7 Å². The number of epoxide rings is 1. The normalized spacial score (nSPS) is 46.6. The lowest BCUT2D eigenvalue weighted by molar-refractivity contribution is -0.137. The minimum absolute atomic E-state index is 0.0219. The van der Waals surface area contributed by atoms with Gasteiger partial charge in [0.15, 0.2) is 0 Å². The van der Waals surface area contributed by atoms with Crippen LogP contribution in [0.25, 0.3) is 0 Å². The Hall–Kier alpha value is -1.09. The molecular formula is C15H20O3. The topological polar surface area (TPSA) is 38.8 Å². The third-order valence-electron chi connectivity index (χ3n) is 4.59. The number of esters is 1. The van der Waals surface area contributed by atoms with Gasteiger partial charge in [-0.15, -0.1) is 0 Å². The number of allylic oxidation sites excluding steroid dienone is 1. The van der Waals surface area contributed by atoms with Gasteiger partial charge in [-0.1, -0.05) is 12.2 Å². The molecule has 3 heteroatoms. The number of carbonyl (C=O) groups excluding carboxylic acids is 1. The van der Waals surface area contributed by atoms with Gasteiger partial charge in [0.2, 0.25) is 0 Å². The maximum Gasteiger partial charge on any atom is 0.334 e. The standard InChI is InChI=1S/C15H20O3/c1-9-4-5-13-15(3,18-13)7-6-11-10(2)14(16)17-12(11)8-9/h8,11-13H,2,4-7H2,1,3H3/b9-8+/t11-,12+,13+,15?/m0/s1. The molecule has 2 saturated heterocycles. The molecule has 98 valence electrons. The molecule has 0 aromatic rings. The van der Waals surface area contributed by atoms with Crippen molar-refractivity contribution >= 4 is 5.97 Å². The van der Waals surface area contributed by atoms with Gasteiger partial charge >= 0.3 is 5.97 Å². The summed E-state index contributed by atoms with van der Waals surface area (Å²) in [5.41, 5.74) is 1.94. The first kappa shape index (κ1) is 12.0. The lowest BCUT2D eigenvalue weighted by Crippen LogP contribution is -2.20. The number of hydrogen-bond donors (Lipinski definition) is 0. The summed E-state index contributed by atoms with van der Waals surface area (Å²) in [6.45, 7) is 8.17. The Balaban J connectivity index is 1.85. The van der Waals surface area contributed by atoms with Gasteiger partial charge in [0.1, 0.15) is 6.10 Å². The molecule has 3 nitrogen and oxygen atoms in total. The lowest BCUT2D eigenvalue weighted by atomic mass is 9.85. The van der Waals surface area contributed by atoms with E-state index in [4.69, 9.17) is 9.47 Å². The highest BCUT2D eigenvalue weighted by molar-refractivity contribution is 5.91. The van der Waals surface area contributed by atoms with Crippen LogP contribution in [0.15, 0.2) is 23.8 Å². The van der Waals surface area contributed by atoms with Crippen LogP contribution in [-0.2, 0) is 14.3 Å². The molecule has 0 aromatic heterocycles. The monoisotopic (exact) mass is 248 g/mol. The highest BCUT2D eigenvalue weighted by Gasteiger charge is 2.52. The van der Waals surface area contributed by atoms with Gasteiger partial charge in [-0.3, -0.25) is 0 Å². The second kappa shape index (κ2) is 3.95. The second-order valence-electron chi connectivity index (χ2n) is 6.01. The number of carbonyl (C=O) groups is 1. The van der Waals surface area contributed by atoms with Crippen molar-refractivity contribution < 1.29 is 14.3 Å². The molecule has 0 radical (unpaired) electrons. The average Bonchev–Trinajstić information content (AvgIpc) is 2.89. The van der Waals surface area contributed by atoms with E-state index in [0.29, 0.717) is 11.7 Å². The summed E-state index contributed by atoms with van der Waals surface area (Å²) in [4.78, 5) is 11.6. The Morgan fingerprint density at radius 2 is 2.22 bits per heavy atom. The molecule has 0 aromatic carbocycles. The van der Waals surface area contributed by atoms with Crippen molar-refractivity contribution in [2.45, 2.75) is 57.3 Å². The summed E-state index contributed by atoms with van der Waals surface area (Å²) >= 11 is 0. The van der Waals surface area contributed by atoms with Crippen LogP contribution in [0.5, 0.6) is 0 Å². The molecular weight excluding hydrogens is 228 g/mol. The molecule has 3 rings (SSSR count). The molecule has 1 aliphatic carbocycles. The zero-order chi connectivity index (χ0) is 12.9. The van der Waals surface area contributed by atoms with E-state index < -0.39 is 0 Å². The van der Waals surface area contributed by atoms with Gasteiger partial charge in [-0.2, -0.15) is 0 Å². The van der Waals surface area contributed by atoms with Gasteiger partial charge < -0.3 is 9.47 Å². The molecule has 2 heterocycles. The van der Waals surface area contributed by atoms with Gasteiger partial charge in [0, 0.05) is 11.5 Å². The van der Waals surface area contributed by atoms with Gasteiger partial charge in [-0.05, 0) is 45.6 Å². The lowest BCUT2D eigenvalue weighted by Gasteiger charge is -2.18. The Kier molecular flexibility index (Phi) is 2.63. The van der Waals surface area contributed by atoms with Crippen molar-refractivity contribution in [1.82, 2.24) is 0 Å². The minimum Gasteiger partial charge on any atom is -0.454 e. The van der Waals surface area contributed by atoms with Crippen LogP contribution in [0.4, 0.5) is 0 Å².